The van der Waals surface area contributed by atoms with E-state index in [1.807, 2.05) is 13.8 Å². The number of unbranched alkanes of at least 4 members (excludes halogenated alkanes) is 3. The van der Waals surface area contributed by atoms with Crippen LogP contribution < -0.4 is 11.3 Å². The van der Waals surface area contributed by atoms with Crippen LogP contribution in [-0.2, 0) is 9.53 Å². The summed E-state index contributed by atoms with van der Waals surface area (Å²) in [5.74, 6) is 4.89. The van der Waals surface area contributed by atoms with Gasteiger partial charge in [0.15, 0.2) is 0 Å². The predicted octanol–water partition coefficient (Wildman–Crippen LogP) is 1.60. The first-order valence-electron chi connectivity index (χ1n) is 5.63. The van der Waals surface area contributed by atoms with Crippen molar-refractivity contribution in [1.29, 1.82) is 0 Å². The largest absolute Gasteiger partial charge is 0.380 e. The Hall–Kier alpha value is -0.610. The highest BCUT2D eigenvalue weighted by Crippen LogP contribution is 2.15. The molecule has 0 rings (SSSR count). The molecule has 0 bridgehead atoms. The quantitative estimate of drug-likeness (QED) is 0.280. The number of nitrogens with one attached hydrogen (secondary N) is 1. The second-order valence-corrected chi connectivity index (χ2v) is 4.47. The van der Waals surface area contributed by atoms with Crippen molar-refractivity contribution in [2.24, 2.45) is 11.3 Å². The first-order valence-corrected chi connectivity index (χ1v) is 5.63. The molecule has 3 N–H and O–H groups in total. The number of carbonyl (C=O) groups is 1. The third-order valence-corrected chi connectivity index (χ3v) is 2.35. The normalized spacial score (nSPS) is 11.5. The summed E-state index contributed by atoms with van der Waals surface area (Å²) >= 11 is 0. The van der Waals surface area contributed by atoms with Crippen LogP contribution in [0.2, 0.25) is 0 Å². The van der Waals surface area contributed by atoms with Gasteiger partial charge in [-0.3, -0.25) is 10.2 Å². The summed E-state index contributed by atoms with van der Waals surface area (Å²) in [6.45, 7) is 6.96. The Labute approximate surface area is 92.5 Å². The van der Waals surface area contributed by atoms with Crippen LogP contribution in [0.15, 0.2) is 0 Å². The van der Waals surface area contributed by atoms with Gasteiger partial charge < -0.3 is 4.74 Å². The lowest BCUT2D eigenvalue weighted by molar-refractivity contribution is -0.132. The Balaban J connectivity index is 3.53. The zero-order valence-corrected chi connectivity index (χ0v) is 10.1. The predicted molar refractivity (Wildman–Crippen MR) is 61.1 cm³/mol. The van der Waals surface area contributed by atoms with E-state index in [9.17, 15) is 4.79 Å². The molecule has 0 spiro atoms. The number of carbonyl (C=O) groups excluding carboxylic acids is 1. The molecule has 0 aliphatic rings. The van der Waals surface area contributed by atoms with Crippen molar-refractivity contribution in [3.63, 3.8) is 0 Å². The van der Waals surface area contributed by atoms with Crippen LogP contribution in [-0.4, -0.2) is 19.1 Å². The molecule has 0 aromatic rings. The molecule has 0 aliphatic heterocycles. The third-order valence-electron chi connectivity index (χ3n) is 2.35. The minimum atomic E-state index is -0.542. The number of ether oxygens (including phenoxy) is 1. The van der Waals surface area contributed by atoms with Crippen molar-refractivity contribution in [3.8, 4) is 0 Å². The fraction of sp³-hybridized carbons (Fsp3) is 0.909. The molecule has 1 amide bonds. The molecule has 4 heteroatoms. The lowest BCUT2D eigenvalue weighted by Crippen LogP contribution is -2.43. The molecule has 0 aromatic carbocycles. The molecule has 0 aromatic heterocycles. The van der Waals surface area contributed by atoms with Crippen molar-refractivity contribution in [2.45, 2.75) is 46.5 Å². The zero-order chi connectivity index (χ0) is 11.7. The van der Waals surface area contributed by atoms with Crippen LogP contribution in [0.3, 0.4) is 0 Å². The van der Waals surface area contributed by atoms with Gasteiger partial charge in [0.1, 0.15) is 0 Å². The minimum Gasteiger partial charge on any atom is -0.380 e. The highest BCUT2D eigenvalue weighted by molar-refractivity contribution is 5.81. The smallest absolute Gasteiger partial charge is 0.241 e. The van der Waals surface area contributed by atoms with Gasteiger partial charge in [0.05, 0.1) is 12.0 Å². The molecule has 0 atom stereocenters. The van der Waals surface area contributed by atoms with Crippen molar-refractivity contribution in [2.75, 3.05) is 13.2 Å². The summed E-state index contributed by atoms with van der Waals surface area (Å²) in [6, 6.07) is 0. The second kappa shape index (κ2) is 7.65. The topological polar surface area (TPSA) is 64.3 Å². The number of amides is 1. The van der Waals surface area contributed by atoms with E-state index in [-0.39, 0.29) is 5.91 Å². The minimum absolute atomic E-state index is 0.184. The highest BCUT2D eigenvalue weighted by Gasteiger charge is 2.26. The summed E-state index contributed by atoms with van der Waals surface area (Å²) < 4.78 is 5.45. The van der Waals surface area contributed by atoms with E-state index in [0.29, 0.717) is 6.61 Å². The van der Waals surface area contributed by atoms with Crippen LogP contribution in [0.4, 0.5) is 0 Å². The summed E-state index contributed by atoms with van der Waals surface area (Å²) in [5.41, 5.74) is 1.61. The maximum atomic E-state index is 11.3. The molecule has 0 saturated heterocycles. The van der Waals surface area contributed by atoms with E-state index in [2.05, 4.69) is 12.3 Å². The second-order valence-electron chi connectivity index (χ2n) is 4.47. The summed E-state index contributed by atoms with van der Waals surface area (Å²) in [7, 11) is 0. The number of hydrogen-bond acceptors (Lipinski definition) is 3. The summed E-state index contributed by atoms with van der Waals surface area (Å²) in [6.07, 6.45) is 4.73. The van der Waals surface area contributed by atoms with Gasteiger partial charge in [-0.2, -0.15) is 0 Å². The van der Waals surface area contributed by atoms with Gasteiger partial charge in [0, 0.05) is 6.61 Å². The fourth-order valence-corrected chi connectivity index (χ4v) is 1.22. The molecule has 90 valence electrons. The van der Waals surface area contributed by atoms with Crippen molar-refractivity contribution < 1.29 is 9.53 Å². The van der Waals surface area contributed by atoms with Gasteiger partial charge in [0.25, 0.3) is 0 Å². The van der Waals surface area contributed by atoms with E-state index in [1.54, 1.807) is 0 Å². The molecule has 15 heavy (non-hydrogen) atoms. The van der Waals surface area contributed by atoms with Crippen molar-refractivity contribution >= 4 is 5.91 Å². The number of rotatable bonds is 8. The highest BCUT2D eigenvalue weighted by atomic mass is 16.5. The maximum absolute atomic E-state index is 11.3. The van der Waals surface area contributed by atoms with E-state index >= 15 is 0 Å². The van der Waals surface area contributed by atoms with Crippen LogP contribution in [0.1, 0.15) is 46.5 Å². The summed E-state index contributed by atoms with van der Waals surface area (Å²) in [4.78, 5) is 11.3. The average molecular weight is 216 g/mol. The van der Waals surface area contributed by atoms with E-state index in [0.717, 1.165) is 13.0 Å². The molecule has 4 nitrogen and oxygen atoms in total. The molecule has 0 radical (unpaired) electrons. The van der Waals surface area contributed by atoms with Crippen molar-refractivity contribution in [3.05, 3.63) is 0 Å². The Kier molecular flexibility index (Phi) is 7.34. The molecule has 0 heterocycles. The first-order chi connectivity index (χ1) is 7.04. The van der Waals surface area contributed by atoms with Gasteiger partial charge in [-0.05, 0) is 20.3 Å². The average Bonchev–Trinajstić information content (AvgIpc) is 2.22. The van der Waals surface area contributed by atoms with Gasteiger partial charge in [0.2, 0.25) is 5.91 Å². The van der Waals surface area contributed by atoms with Crippen LogP contribution in [0.25, 0.3) is 0 Å². The molecule has 0 unspecified atom stereocenters. The standard InChI is InChI=1S/C11H24N2O2/c1-4-5-6-7-8-15-9-11(2,3)10(14)13-12/h4-9,12H2,1-3H3,(H,13,14). The lowest BCUT2D eigenvalue weighted by atomic mass is 9.94. The van der Waals surface area contributed by atoms with Gasteiger partial charge in [-0.15, -0.1) is 0 Å². The molecule has 0 saturated carbocycles. The van der Waals surface area contributed by atoms with Gasteiger partial charge in [-0.1, -0.05) is 26.2 Å². The van der Waals surface area contributed by atoms with Crippen LogP contribution in [0.5, 0.6) is 0 Å². The van der Waals surface area contributed by atoms with Gasteiger partial charge >= 0.3 is 0 Å². The Morgan fingerprint density at radius 2 is 2.00 bits per heavy atom. The molecule has 0 aliphatic carbocycles. The monoisotopic (exact) mass is 216 g/mol. The molecule has 0 fully saturated rings. The maximum Gasteiger partial charge on any atom is 0.241 e. The Morgan fingerprint density at radius 1 is 1.33 bits per heavy atom. The van der Waals surface area contributed by atoms with E-state index < -0.39 is 5.41 Å². The molecular formula is C11H24N2O2. The zero-order valence-electron chi connectivity index (χ0n) is 10.1. The first kappa shape index (κ1) is 14.4. The van der Waals surface area contributed by atoms with E-state index in [1.165, 1.54) is 19.3 Å². The lowest BCUT2D eigenvalue weighted by Gasteiger charge is -2.21. The SMILES string of the molecule is CCCCCCOCC(C)(C)C(=O)NN. The number of hydrazine groups is 1. The number of nitrogens with two attached hydrogens (primary N) is 1. The van der Waals surface area contributed by atoms with Gasteiger partial charge in [-0.25, -0.2) is 5.84 Å². The summed E-state index contributed by atoms with van der Waals surface area (Å²) in [5, 5.41) is 0. The Morgan fingerprint density at radius 3 is 2.53 bits per heavy atom. The van der Waals surface area contributed by atoms with Crippen LogP contribution >= 0.6 is 0 Å². The number of hydrogen-bond donors (Lipinski definition) is 2. The van der Waals surface area contributed by atoms with Crippen LogP contribution in [0, 0.1) is 5.41 Å². The Bertz CT molecular complexity index is 181. The van der Waals surface area contributed by atoms with Crippen molar-refractivity contribution in [1.82, 2.24) is 5.43 Å². The van der Waals surface area contributed by atoms with E-state index in [4.69, 9.17) is 10.6 Å². The third kappa shape index (κ3) is 6.47. The fourth-order valence-electron chi connectivity index (χ4n) is 1.22. The molecular weight excluding hydrogens is 192 g/mol.